The molecule has 0 atom stereocenters. The lowest BCUT2D eigenvalue weighted by Gasteiger charge is -2.33. The van der Waals surface area contributed by atoms with Gasteiger partial charge in [0, 0.05) is 18.8 Å². The van der Waals surface area contributed by atoms with Gasteiger partial charge in [0.05, 0.1) is 0 Å². The van der Waals surface area contributed by atoms with E-state index >= 15 is 0 Å². The zero-order chi connectivity index (χ0) is 9.97. The average molecular weight is 211 g/mol. The molecule has 2 rings (SSSR count). The molecule has 3 heteroatoms. The van der Waals surface area contributed by atoms with E-state index in [0.717, 1.165) is 12.5 Å². The van der Waals surface area contributed by atoms with Crippen molar-refractivity contribution in [2.75, 3.05) is 0 Å². The van der Waals surface area contributed by atoms with E-state index in [1.807, 2.05) is 18.3 Å². The lowest BCUT2D eigenvalue weighted by atomic mass is 9.82. The van der Waals surface area contributed by atoms with Crippen molar-refractivity contribution in [3.63, 3.8) is 0 Å². The summed E-state index contributed by atoms with van der Waals surface area (Å²) in [6, 6.07) is 4.56. The van der Waals surface area contributed by atoms with E-state index in [-0.39, 0.29) is 0 Å². The number of nitrogens with one attached hydrogen (secondary N) is 1. The summed E-state index contributed by atoms with van der Waals surface area (Å²) in [6.45, 7) is 3.20. The summed E-state index contributed by atoms with van der Waals surface area (Å²) in [5, 5.41) is 4.06. The molecule has 0 unspecified atom stereocenters. The van der Waals surface area contributed by atoms with E-state index in [1.165, 1.54) is 18.4 Å². The van der Waals surface area contributed by atoms with E-state index in [0.29, 0.717) is 11.2 Å². The van der Waals surface area contributed by atoms with Gasteiger partial charge in [0.25, 0.3) is 0 Å². The fourth-order valence-electron chi connectivity index (χ4n) is 1.84. The Labute approximate surface area is 89.7 Å². The first-order valence-corrected chi connectivity index (χ1v) is 5.45. The van der Waals surface area contributed by atoms with Crippen molar-refractivity contribution in [1.82, 2.24) is 10.3 Å². The van der Waals surface area contributed by atoms with E-state index in [2.05, 4.69) is 17.2 Å². The van der Waals surface area contributed by atoms with Crippen molar-refractivity contribution >= 4 is 11.6 Å². The van der Waals surface area contributed by atoms with Crippen molar-refractivity contribution in [1.29, 1.82) is 0 Å². The van der Waals surface area contributed by atoms with Crippen LogP contribution in [0.15, 0.2) is 18.3 Å². The molecule has 0 spiro atoms. The van der Waals surface area contributed by atoms with Crippen LogP contribution in [0.1, 0.15) is 25.3 Å². The van der Waals surface area contributed by atoms with Gasteiger partial charge in [-0.2, -0.15) is 0 Å². The van der Waals surface area contributed by atoms with Crippen molar-refractivity contribution in [3.8, 4) is 0 Å². The minimum absolute atomic E-state index is 0.561. The highest BCUT2D eigenvalue weighted by molar-refractivity contribution is 6.29. The quantitative estimate of drug-likeness (QED) is 0.776. The Kier molecular flexibility index (Phi) is 3.04. The van der Waals surface area contributed by atoms with Crippen LogP contribution >= 0.6 is 11.6 Å². The molecule has 0 radical (unpaired) electrons. The molecule has 1 aromatic rings. The molecule has 0 aromatic carbocycles. The summed E-state index contributed by atoms with van der Waals surface area (Å²) in [5.74, 6) is 0.899. The number of hydrogen-bond acceptors (Lipinski definition) is 2. The third-order valence-corrected chi connectivity index (χ3v) is 2.98. The molecule has 0 saturated heterocycles. The van der Waals surface area contributed by atoms with Gasteiger partial charge in [-0.05, 0) is 30.4 Å². The minimum Gasteiger partial charge on any atom is -0.310 e. The van der Waals surface area contributed by atoms with Crippen molar-refractivity contribution in [3.05, 3.63) is 29.0 Å². The molecule has 0 bridgehead atoms. The van der Waals surface area contributed by atoms with Crippen LogP contribution in [0.3, 0.4) is 0 Å². The number of nitrogens with zero attached hydrogens (tertiary/aromatic N) is 1. The topological polar surface area (TPSA) is 24.9 Å². The molecule has 1 fully saturated rings. The van der Waals surface area contributed by atoms with Gasteiger partial charge in [-0.15, -0.1) is 0 Å². The maximum atomic E-state index is 5.70. The molecule has 14 heavy (non-hydrogen) atoms. The van der Waals surface area contributed by atoms with Crippen molar-refractivity contribution in [2.24, 2.45) is 5.92 Å². The molecular weight excluding hydrogens is 196 g/mol. The molecule has 1 aliphatic rings. The molecule has 0 aliphatic heterocycles. The molecule has 1 saturated carbocycles. The van der Waals surface area contributed by atoms with Crippen LogP contribution in [0.5, 0.6) is 0 Å². The van der Waals surface area contributed by atoms with E-state index < -0.39 is 0 Å². The van der Waals surface area contributed by atoms with E-state index in [9.17, 15) is 0 Å². The van der Waals surface area contributed by atoms with Gasteiger partial charge in [-0.25, -0.2) is 4.98 Å². The van der Waals surface area contributed by atoms with Crippen LogP contribution in [0.2, 0.25) is 5.15 Å². The largest absolute Gasteiger partial charge is 0.310 e. The first-order valence-electron chi connectivity index (χ1n) is 5.08. The second-order valence-electron chi connectivity index (χ2n) is 4.14. The Bertz CT molecular complexity index is 291. The van der Waals surface area contributed by atoms with Crippen molar-refractivity contribution < 1.29 is 0 Å². The highest BCUT2D eigenvalue weighted by Crippen LogP contribution is 2.26. The molecule has 2 nitrogen and oxygen atoms in total. The number of rotatable bonds is 3. The van der Waals surface area contributed by atoms with Crippen LogP contribution in [0.4, 0.5) is 0 Å². The second-order valence-corrected chi connectivity index (χ2v) is 4.53. The van der Waals surface area contributed by atoms with Gasteiger partial charge in [0.15, 0.2) is 0 Å². The van der Waals surface area contributed by atoms with E-state index in [4.69, 9.17) is 11.6 Å². The Balaban J connectivity index is 1.78. The standard InChI is InChI=1S/C11H15ClN2/c1-8-4-10(5-8)13-6-9-2-3-11(12)14-7-9/h2-3,7-8,10,13H,4-6H2,1H3. The Hall–Kier alpha value is -0.600. The van der Waals surface area contributed by atoms with Gasteiger partial charge in [-0.3, -0.25) is 0 Å². The van der Waals surface area contributed by atoms with Gasteiger partial charge in [-0.1, -0.05) is 24.6 Å². The maximum Gasteiger partial charge on any atom is 0.129 e. The highest BCUT2D eigenvalue weighted by Gasteiger charge is 2.24. The summed E-state index contributed by atoms with van der Waals surface area (Å²) in [7, 11) is 0. The van der Waals surface area contributed by atoms with Crippen molar-refractivity contribution in [2.45, 2.75) is 32.4 Å². The predicted octanol–water partition coefficient (Wildman–Crippen LogP) is 2.62. The average Bonchev–Trinajstić information content (AvgIpc) is 2.13. The SMILES string of the molecule is CC1CC(NCc2ccc(Cl)nc2)C1. The zero-order valence-corrected chi connectivity index (χ0v) is 9.09. The van der Waals surface area contributed by atoms with Crippen LogP contribution < -0.4 is 5.32 Å². The smallest absolute Gasteiger partial charge is 0.129 e. The molecule has 1 aliphatic carbocycles. The number of aromatic nitrogens is 1. The van der Waals surface area contributed by atoms with Crippen LogP contribution in [0, 0.1) is 5.92 Å². The first-order chi connectivity index (χ1) is 6.74. The summed E-state index contributed by atoms with van der Waals surface area (Å²) in [5.41, 5.74) is 1.20. The Morgan fingerprint density at radius 3 is 2.86 bits per heavy atom. The summed E-state index contributed by atoms with van der Waals surface area (Å²) in [6.07, 6.45) is 4.44. The maximum absolute atomic E-state index is 5.70. The fourth-order valence-corrected chi connectivity index (χ4v) is 1.95. The molecule has 1 heterocycles. The predicted molar refractivity (Wildman–Crippen MR) is 58.3 cm³/mol. The summed E-state index contributed by atoms with van der Waals surface area (Å²) >= 11 is 5.70. The first kappa shape index (κ1) is 9.94. The lowest BCUT2D eigenvalue weighted by molar-refractivity contribution is 0.240. The normalized spacial score (nSPS) is 25.9. The van der Waals surface area contributed by atoms with Gasteiger partial charge < -0.3 is 5.32 Å². The monoisotopic (exact) mass is 210 g/mol. The molecule has 1 aromatic heterocycles. The van der Waals surface area contributed by atoms with Gasteiger partial charge in [0.1, 0.15) is 5.15 Å². The molecule has 1 N–H and O–H groups in total. The third-order valence-electron chi connectivity index (χ3n) is 2.76. The molecular formula is C11H15ClN2. The van der Waals surface area contributed by atoms with Gasteiger partial charge >= 0.3 is 0 Å². The zero-order valence-electron chi connectivity index (χ0n) is 8.33. The minimum atomic E-state index is 0.561. The Morgan fingerprint density at radius 2 is 2.29 bits per heavy atom. The molecule has 76 valence electrons. The summed E-state index contributed by atoms with van der Waals surface area (Å²) in [4.78, 5) is 4.04. The fraction of sp³-hybridized carbons (Fsp3) is 0.545. The van der Waals surface area contributed by atoms with Gasteiger partial charge in [0.2, 0.25) is 0 Å². The third kappa shape index (κ3) is 2.46. The number of halogens is 1. The Morgan fingerprint density at radius 1 is 1.50 bits per heavy atom. The molecule has 0 amide bonds. The lowest BCUT2D eigenvalue weighted by Crippen LogP contribution is -2.39. The van der Waals surface area contributed by atoms with Crippen LogP contribution in [-0.2, 0) is 6.54 Å². The van der Waals surface area contributed by atoms with Crippen LogP contribution in [0.25, 0.3) is 0 Å². The summed E-state index contributed by atoms with van der Waals surface area (Å²) < 4.78 is 0. The van der Waals surface area contributed by atoms with E-state index in [1.54, 1.807) is 0 Å². The van der Waals surface area contributed by atoms with Crippen LogP contribution in [-0.4, -0.2) is 11.0 Å². The highest BCUT2D eigenvalue weighted by atomic mass is 35.5. The second kappa shape index (κ2) is 4.28. The number of hydrogen-bond donors (Lipinski definition) is 1. The number of pyridine rings is 1.